The fourth-order valence-electron chi connectivity index (χ4n) is 3.62. The second kappa shape index (κ2) is 47.8. The lowest BCUT2D eigenvalue weighted by Gasteiger charge is -2.11. The molecule has 0 bridgehead atoms. The van der Waals surface area contributed by atoms with Gasteiger partial charge in [-0.05, 0) is 71.3 Å². The molecule has 0 radical (unpaired) electrons. The van der Waals surface area contributed by atoms with Gasteiger partial charge in [-0.3, -0.25) is 9.59 Å². The average molecular weight is 1210 g/mol. The Hall–Kier alpha value is 0.870. The maximum absolute atomic E-state index is 10.1. The third kappa shape index (κ3) is 40.0. The van der Waals surface area contributed by atoms with Crippen LogP contribution in [0.5, 0.6) is 0 Å². The van der Waals surface area contributed by atoms with Crippen LogP contribution in [0, 0.1) is 0 Å². The summed E-state index contributed by atoms with van der Waals surface area (Å²) >= 11 is 56.9. The Morgan fingerprint density at radius 3 is 1.09 bits per heavy atom. The van der Waals surface area contributed by atoms with Gasteiger partial charge in [0, 0.05) is 76.3 Å². The summed E-state index contributed by atoms with van der Waals surface area (Å²) in [5.41, 5.74) is 3.70. The summed E-state index contributed by atoms with van der Waals surface area (Å²) < 4.78 is 4.98. The van der Waals surface area contributed by atoms with Gasteiger partial charge in [0.2, 0.25) is 0 Å². The van der Waals surface area contributed by atoms with E-state index in [4.69, 9.17) is 35.4 Å². The maximum Gasteiger partial charge on any atom is 0.318 e. The molecule has 9 nitrogen and oxygen atoms in total. The number of hydrogen-bond acceptors (Lipinski definition) is 22. The quantitative estimate of drug-likeness (QED) is 0.0342. The van der Waals surface area contributed by atoms with E-state index in [1.165, 1.54) is 26.5 Å². The zero-order valence-corrected chi connectivity index (χ0v) is 49.4. The molecule has 4 aromatic carbocycles. The van der Waals surface area contributed by atoms with Gasteiger partial charge in [-0.1, -0.05) is 54.2 Å². The third-order valence-corrected chi connectivity index (χ3v) is 13.6. The number of hydrogen-bond donors (Lipinski definition) is 20. The minimum absolute atomic E-state index is 0.279. The van der Waals surface area contributed by atoms with Crippen molar-refractivity contribution in [3.63, 3.8) is 0 Å². The molecule has 4 aromatic rings. The van der Waals surface area contributed by atoms with Gasteiger partial charge in [0.05, 0.1) is 37.6 Å². The van der Waals surface area contributed by atoms with Crippen molar-refractivity contribution >= 4 is 201 Å². The normalized spacial score (nSPS) is 12.7. The van der Waals surface area contributed by atoms with Crippen LogP contribution in [0.15, 0.2) is 122 Å². The number of carboxylic acids is 2. The predicted molar refractivity (Wildman–Crippen MR) is 329 cm³/mol. The number of aliphatic hydroxyl groups excluding tert-OH is 4. The van der Waals surface area contributed by atoms with Crippen molar-refractivity contribution in [1.29, 1.82) is 0 Å². The molecule has 0 saturated heterocycles. The first-order valence-corrected chi connectivity index (χ1v) is 28.4. The predicted octanol–water partition coefficient (Wildman–Crippen LogP) is 9.12. The summed E-state index contributed by atoms with van der Waals surface area (Å²) in [6.45, 7) is 1.48. The molecule has 6 N–H and O–H groups in total. The van der Waals surface area contributed by atoms with E-state index in [9.17, 15) is 9.59 Å². The van der Waals surface area contributed by atoms with Crippen LogP contribution in [0.2, 0.25) is 0 Å². The lowest BCUT2D eigenvalue weighted by Crippen LogP contribution is -2.31. The van der Waals surface area contributed by atoms with Gasteiger partial charge in [-0.25, -0.2) is 0 Å². The summed E-state index contributed by atoms with van der Waals surface area (Å²) in [6, 6.07) is 32.5. The minimum Gasteiger partial charge on any atom is -0.480 e. The molecule has 24 heteroatoms. The first-order chi connectivity index (χ1) is 31.8. The fourth-order valence-corrected chi connectivity index (χ4v) is 7.26. The second-order valence-corrected chi connectivity index (χ2v) is 19.7. The Bertz CT molecular complexity index is 1690. The van der Waals surface area contributed by atoms with E-state index in [0.29, 0.717) is 0 Å². The molecule has 0 saturated carbocycles. The second-order valence-electron chi connectivity index (χ2n) is 12.6. The molecule has 0 aliphatic heterocycles. The highest BCUT2D eigenvalue weighted by molar-refractivity contribution is 7.99. The molecule has 4 rings (SSSR count). The van der Waals surface area contributed by atoms with E-state index in [0.717, 1.165) is 56.7 Å². The third-order valence-electron chi connectivity index (χ3n) is 7.34. The number of rotatable bonds is 18. The molecule has 0 heterocycles. The highest BCUT2D eigenvalue weighted by Gasteiger charge is 2.27. The number of aliphatic carboxylic acids is 2. The molecule has 0 aliphatic rings. The van der Waals surface area contributed by atoms with Crippen LogP contribution in [0.1, 0.15) is 16.7 Å². The smallest absolute Gasteiger partial charge is 0.318 e. The Balaban J connectivity index is -0.000000725. The monoisotopic (exact) mass is 1200 g/mol. The number of carbonyl (C=O) groups is 2. The maximum atomic E-state index is 10.1. The zero-order chi connectivity index (χ0) is 51.7. The van der Waals surface area contributed by atoms with Crippen molar-refractivity contribution in [3.05, 3.63) is 114 Å². The lowest BCUT2D eigenvalue weighted by atomic mass is 10.2. The van der Waals surface area contributed by atoms with Crippen LogP contribution in [-0.2, 0) is 31.6 Å². The molecule has 67 heavy (non-hydrogen) atoms. The molecule has 0 spiro atoms. The van der Waals surface area contributed by atoms with E-state index >= 15 is 0 Å². The van der Waals surface area contributed by atoms with Crippen LogP contribution in [-0.4, -0.2) is 125 Å². The molecule has 0 amide bonds. The van der Waals surface area contributed by atoms with Crippen LogP contribution in [0.3, 0.4) is 0 Å². The largest absolute Gasteiger partial charge is 0.480 e. The van der Waals surface area contributed by atoms with Crippen molar-refractivity contribution in [2.24, 2.45) is 0 Å². The van der Waals surface area contributed by atoms with E-state index in [2.05, 4.69) is 219 Å². The molecule has 0 aromatic heterocycles. The molecule has 0 fully saturated rings. The number of thiol groups is 14. The summed E-state index contributed by atoms with van der Waals surface area (Å²) in [4.78, 5) is 25.6. The molecule has 0 unspecified atom stereocenters. The fraction of sp³-hybridized carbons (Fsp3) is 0.395. The Morgan fingerprint density at radius 2 is 0.836 bits per heavy atom. The van der Waals surface area contributed by atoms with Crippen LogP contribution in [0.25, 0.3) is 0 Å². The summed E-state index contributed by atoms with van der Waals surface area (Å²) in [7, 11) is 0. The number of benzene rings is 4. The van der Waals surface area contributed by atoms with E-state index in [-0.39, 0.29) is 23.0 Å². The molecule has 6 atom stereocenters. The van der Waals surface area contributed by atoms with Gasteiger partial charge in [-0.15, -0.1) is 37.9 Å². The number of ether oxygens (including phenoxy) is 1. The summed E-state index contributed by atoms with van der Waals surface area (Å²) in [5.74, 6) is 2.52. The Morgan fingerprint density at radius 1 is 0.493 bits per heavy atom. The van der Waals surface area contributed by atoms with Crippen molar-refractivity contribution in [3.8, 4) is 0 Å². The lowest BCUT2D eigenvalue weighted by molar-refractivity contribution is -0.142. The molecular weight excluding hydrogens is 1140 g/mol. The first-order valence-electron chi connectivity index (χ1n) is 19.5. The van der Waals surface area contributed by atoms with Gasteiger partial charge < -0.3 is 35.4 Å². The molecule has 380 valence electrons. The van der Waals surface area contributed by atoms with E-state index in [1.807, 2.05) is 54.6 Å². The standard InChI is InChI=1S/C12H10S3.C8H10S2.C7H8S2.C4H6O4S2.2C4H10O2S2.C4H10OS2/c13-9-1-5-11(6-2-9)15-12-7-3-10(14)4-8-12;9-5-7-2-1-3-8(4-7)6-10;8-5-6-3-1-2-4-7(6)9;5-3(6)1(9)2(10)4(7)8;2*5-3(1-7)4(6)2-8;6-3-1-5-2-4-7/h1-8,13-14H;1-4,9-10H,5-6H2;1-4,8-9H,5H2;1-2,9-10H,(H,5,6)(H,7,8);2*3-8H,1-2H2;6-7H,1-4H2/t;;;1-,2+;2*3-,4-;/m....10./s1. The highest BCUT2D eigenvalue weighted by Crippen LogP contribution is 2.28. The average Bonchev–Trinajstić information content (AvgIpc) is 3.35. The van der Waals surface area contributed by atoms with Crippen molar-refractivity contribution in [2.45, 2.75) is 76.7 Å². The van der Waals surface area contributed by atoms with Crippen LogP contribution >= 0.6 is 189 Å². The van der Waals surface area contributed by atoms with Gasteiger partial charge >= 0.3 is 11.9 Å². The summed E-state index contributed by atoms with van der Waals surface area (Å²) in [5, 5.41) is 48.9. The summed E-state index contributed by atoms with van der Waals surface area (Å²) in [6.07, 6.45) is -2.96. The van der Waals surface area contributed by atoms with Crippen molar-refractivity contribution in [2.75, 3.05) is 47.7 Å². The van der Waals surface area contributed by atoms with E-state index < -0.39 is 46.9 Å². The Labute approximate surface area is 478 Å². The van der Waals surface area contributed by atoms with E-state index in [1.54, 1.807) is 11.8 Å². The van der Waals surface area contributed by atoms with Crippen LogP contribution < -0.4 is 0 Å². The van der Waals surface area contributed by atoms with Crippen molar-refractivity contribution < 1.29 is 45.0 Å². The minimum atomic E-state index is -1.29. The van der Waals surface area contributed by atoms with Crippen LogP contribution in [0.4, 0.5) is 0 Å². The zero-order valence-electron chi connectivity index (χ0n) is 36.1. The van der Waals surface area contributed by atoms with Crippen molar-refractivity contribution in [1.82, 2.24) is 0 Å². The van der Waals surface area contributed by atoms with Gasteiger partial charge in [0.25, 0.3) is 0 Å². The topological polar surface area (TPSA) is 165 Å². The number of aliphatic hydroxyl groups is 4. The van der Waals surface area contributed by atoms with Gasteiger partial charge in [-0.2, -0.15) is 139 Å². The molecular formula is C43H64O9S15. The van der Waals surface area contributed by atoms with Gasteiger partial charge in [0.15, 0.2) is 0 Å². The number of carboxylic acid groups (broad SMARTS) is 2. The van der Waals surface area contributed by atoms with Gasteiger partial charge in [0.1, 0.15) is 10.5 Å². The highest BCUT2D eigenvalue weighted by atomic mass is 32.2. The first kappa shape index (κ1) is 72.1. The SMILES string of the molecule is O=C(O)[C@@H](S)[C@@H](S)C(=O)O.O[C@@H](CS)[C@@H](O)CS.O[C@H](CS)[C@H](O)CS.SCCOCCS.SCc1cccc(CS)c1.SCc1ccccc1S.Sc1ccc(Sc2ccc(S)cc2)cc1. The Kier molecular flexibility index (Phi) is 51.5. The molecule has 0 aliphatic carbocycles.